The quantitative estimate of drug-likeness (QED) is 0.379. The molecule has 1 fully saturated rings. The van der Waals surface area contributed by atoms with Crippen LogP contribution in [0.25, 0.3) is 0 Å². The Morgan fingerprint density at radius 3 is 2.41 bits per heavy atom. The van der Waals surface area contributed by atoms with Gasteiger partial charge in [-0.1, -0.05) is 18.2 Å². The third-order valence-electron chi connectivity index (χ3n) is 5.90. The van der Waals surface area contributed by atoms with Gasteiger partial charge < -0.3 is 14.4 Å². The van der Waals surface area contributed by atoms with Gasteiger partial charge in [0.2, 0.25) is 5.91 Å². The summed E-state index contributed by atoms with van der Waals surface area (Å²) in [6.45, 7) is 1.61. The molecule has 2 aromatic rings. The van der Waals surface area contributed by atoms with Gasteiger partial charge in [0.05, 0.1) is 24.9 Å². The molecule has 0 spiro atoms. The van der Waals surface area contributed by atoms with Gasteiger partial charge in [-0.05, 0) is 60.9 Å². The summed E-state index contributed by atoms with van der Waals surface area (Å²) < 4.78 is 10.2. The van der Waals surface area contributed by atoms with Crippen molar-refractivity contribution in [3.05, 3.63) is 63.7 Å². The fourth-order valence-electron chi connectivity index (χ4n) is 3.95. The first-order valence-corrected chi connectivity index (χ1v) is 12.0. The summed E-state index contributed by atoms with van der Waals surface area (Å²) in [7, 11) is 3.09. The molecule has 1 saturated heterocycles. The van der Waals surface area contributed by atoms with Crippen molar-refractivity contribution >= 4 is 23.4 Å². The Morgan fingerprint density at radius 1 is 1.09 bits per heavy atom. The van der Waals surface area contributed by atoms with Crippen LogP contribution in [0.5, 0.6) is 11.5 Å². The monoisotopic (exact) mass is 458 g/mol. The van der Waals surface area contributed by atoms with E-state index in [4.69, 9.17) is 9.47 Å². The predicted molar refractivity (Wildman–Crippen MR) is 126 cm³/mol. The molecular formula is C24H30N2O5S. The number of nitro benzene ring substituents is 1. The number of piperidine rings is 1. The van der Waals surface area contributed by atoms with Crippen molar-refractivity contribution in [2.45, 2.75) is 31.4 Å². The lowest BCUT2D eigenvalue weighted by Gasteiger charge is -2.32. The van der Waals surface area contributed by atoms with Gasteiger partial charge in [-0.15, -0.1) is 11.8 Å². The summed E-state index contributed by atoms with van der Waals surface area (Å²) in [6.07, 6.45) is 4.26. The molecule has 0 aromatic heterocycles. The van der Waals surface area contributed by atoms with Crippen LogP contribution in [0.3, 0.4) is 0 Å². The van der Waals surface area contributed by atoms with Gasteiger partial charge in [-0.2, -0.15) is 0 Å². The first-order valence-electron chi connectivity index (χ1n) is 10.8. The van der Waals surface area contributed by atoms with Crippen molar-refractivity contribution in [2.24, 2.45) is 5.92 Å². The minimum atomic E-state index is -0.447. The topological polar surface area (TPSA) is 81.9 Å². The lowest BCUT2D eigenvalue weighted by molar-refractivity contribution is -0.385. The van der Waals surface area contributed by atoms with Crippen LogP contribution in [0.1, 0.15) is 30.4 Å². The molecular weight excluding hydrogens is 428 g/mol. The van der Waals surface area contributed by atoms with E-state index in [0.29, 0.717) is 17.4 Å². The van der Waals surface area contributed by atoms with E-state index in [9.17, 15) is 14.9 Å². The van der Waals surface area contributed by atoms with Crippen LogP contribution in [0.15, 0.2) is 42.5 Å². The van der Waals surface area contributed by atoms with Crippen LogP contribution in [0.4, 0.5) is 5.69 Å². The molecule has 8 heteroatoms. The number of likely N-dealkylation sites (tertiary alicyclic amines) is 1. The molecule has 0 unspecified atom stereocenters. The number of carbonyl (C=O) groups excluding carboxylic acids is 1. The van der Waals surface area contributed by atoms with Crippen LogP contribution in [-0.2, 0) is 17.0 Å². The highest BCUT2D eigenvalue weighted by Crippen LogP contribution is 2.29. The number of benzene rings is 2. The van der Waals surface area contributed by atoms with Gasteiger partial charge in [-0.25, -0.2) is 0 Å². The number of nitro groups is 1. The van der Waals surface area contributed by atoms with Gasteiger partial charge in [0.1, 0.15) is 5.75 Å². The lowest BCUT2D eigenvalue weighted by Crippen LogP contribution is -2.39. The molecule has 0 atom stereocenters. The molecule has 0 aliphatic carbocycles. The minimum Gasteiger partial charge on any atom is -0.497 e. The molecule has 172 valence electrons. The second-order valence-corrected chi connectivity index (χ2v) is 8.95. The Kier molecular flexibility index (Phi) is 8.79. The number of aryl methyl sites for hydroxylation is 1. The van der Waals surface area contributed by atoms with Crippen molar-refractivity contribution in [2.75, 3.05) is 33.1 Å². The van der Waals surface area contributed by atoms with E-state index in [0.717, 1.165) is 50.1 Å². The van der Waals surface area contributed by atoms with Crippen molar-refractivity contribution < 1.29 is 19.2 Å². The molecule has 7 nitrogen and oxygen atoms in total. The highest BCUT2D eigenvalue weighted by atomic mass is 32.2. The SMILES string of the molecule is COc1ccc(CCC2CCN(C(=O)CSCc3ccc(OC)c([N+](=O)[O-])c3)CC2)cc1. The summed E-state index contributed by atoms with van der Waals surface area (Å²) in [5.41, 5.74) is 2.08. The minimum absolute atomic E-state index is 0.0476. The fraction of sp³-hybridized carbons (Fsp3) is 0.458. The number of carbonyl (C=O) groups is 1. The van der Waals surface area contributed by atoms with Gasteiger partial charge in [0, 0.05) is 24.9 Å². The summed E-state index contributed by atoms with van der Waals surface area (Å²) in [5.74, 6) is 2.85. The molecule has 1 aliphatic heterocycles. The number of thioether (sulfide) groups is 1. The molecule has 2 aromatic carbocycles. The molecule has 3 rings (SSSR count). The van der Waals surface area contributed by atoms with E-state index in [1.54, 1.807) is 19.2 Å². The van der Waals surface area contributed by atoms with Crippen LogP contribution >= 0.6 is 11.8 Å². The Hall–Kier alpha value is -2.74. The number of hydrogen-bond acceptors (Lipinski definition) is 6. The molecule has 1 heterocycles. The van der Waals surface area contributed by atoms with E-state index >= 15 is 0 Å². The van der Waals surface area contributed by atoms with Crippen molar-refractivity contribution in [1.82, 2.24) is 4.90 Å². The largest absolute Gasteiger partial charge is 0.497 e. The fourth-order valence-corrected chi connectivity index (χ4v) is 4.82. The van der Waals surface area contributed by atoms with E-state index < -0.39 is 4.92 Å². The number of methoxy groups -OCH3 is 2. The molecule has 1 aliphatic rings. The summed E-state index contributed by atoms with van der Waals surface area (Å²) >= 11 is 1.49. The number of ether oxygens (including phenoxy) is 2. The normalized spacial score (nSPS) is 14.2. The van der Waals surface area contributed by atoms with Crippen LogP contribution in [0, 0.1) is 16.0 Å². The lowest BCUT2D eigenvalue weighted by atomic mass is 9.90. The van der Waals surface area contributed by atoms with Gasteiger partial charge in [0.15, 0.2) is 5.75 Å². The Labute approximate surface area is 193 Å². The second kappa shape index (κ2) is 11.8. The molecule has 0 saturated carbocycles. The van der Waals surface area contributed by atoms with E-state index in [-0.39, 0.29) is 17.3 Å². The van der Waals surface area contributed by atoms with Crippen molar-refractivity contribution in [3.8, 4) is 11.5 Å². The molecule has 32 heavy (non-hydrogen) atoms. The van der Waals surface area contributed by atoms with E-state index in [1.165, 1.54) is 30.5 Å². The average molecular weight is 459 g/mol. The Balaban J connectivity index is 1.38. The Bertz CT molecular complexity index is 911. The predicted octanol–water partition coefficient (Wildman–Crippen LogP) is 4.72. The van der Waals surface area contributed by atoms with Gasteiger partial charge in [0.25, 0.3) is 0 Å². The highest BCUT2D eigenvalue weighted by molar-refractivity contribution is 7.99. The second-order valence-electron chi connectivity index (χ2n) is 7.97. The van der Waals surface area contributed by atoms with Crippen LogP contribution in [0.2, 0.25) is 0 Å². The Morgan fingerprint density at radius 2 is 1.78 bits per heavy atom. The zero-order valence-corrected chi connectivity index (χ0v) is 19.4. The number of nitrogens with zero attached hydrogens (tertiary/aromatic N) is 2. The molecule has 0 N–H and O–H groups in total. The first kappa shape index (κ1) is 23.9. The maximum Gasteiger partial charge on any atom is 0.311 e. The van der Waals surface area contributed by atoms with Crippen LogP contribution in [-0.4, -0.2) is 48.8 Å². The average Bonchev–Trinajstić information content (AvgIpc) is 2.83. The van der Waals surface area contributed by atoms with Crippen LogP contribution < -0.4 is 9.47 Å². The van der Waals surface area contributed by atoms with E-state index in [1.807, 2.05) is 17.0 Å². The summed E-state index contributed by atoms with van der Waals surface area (Å²) in [6, 6.07) is 13.2. The maximum atomic E-state index is 12.6. The molecule has 0 bridgehead atoms. The number of rotatable bonds is 10. The third kappa shape index (κ3) is 6.63. The van der Waals surface area contributed by atoms with Crippen molar-refractivity contribution in [1.29, 1.82) is 0 Å². The van der Waals surface area contributed by atoms with Gasteiger partial charge >= 0.3 is 5.69 Å². The van der Waals surface area contributed by atoms with E-state index in [2.05, 4.69) is 12.1 Å². The standard InChI is InChI=1S/C24H30N2O5S/c1-30-21-8-5-18(6-9-21)3-4-19-11-13-25(14-12-19)24(27)17-32-16-20-7-10-23(31-2)22(15-20)26(28)29/h5-10,15,19H,3-4,11-14,16-17H2,1-2H3. The maximum absolute atomic E-state index is 12.6. The summed E-state index contributed by atoms with van der Waals surface area (Å²) in [4.78, 5) is 25.2. The number of amides is 1. The molecule has 1 amide bonds. The smallest absolute Gasteiger partial charge is 0.311 e. The highest BCUT2D eigenvalue weighted by Gasteiger charge is 2.22. The summed E-state index contributed by atoms with van der Waals surface area (Å²) in [5, 5.41) is 11.2. The van der Waals surface area contributed by atoms with Gasteiger partial charge in [-0.3, -0.25) is 14.9 Å². The zero-order chi connectivity index (χ0) is 22.9. The third-order valence-corrected chi connectivity index (χ3v) is 6.89. The number of hydrogen-bond donors (Lipinski definition) is 0. The first-order chi connectivity index (χ1) is 15.5. The molecule has 0 radical (unpaired) electrons. The van der Waals surface area contributed by atoms with Crippen molar-refractivity contribution in [3.63, 3.8) is 0 Å². The zero-order valence-electron chi connectivity index (χ0n) is 18.6.